The number of hydrogen-bond acceptors (Lipinski definition) is 5. The molecule has 0 saturated heterocycles. The molecule has 0 aliphatic heterocycles. The van der Waals surface area contributed by atoms with Crippen LogP contribution in [-0.4, -0.2) is 18.8 Å². The minimum Gasteiger partial charge on any atom is -0.502 e. The second kappa shape index (κ2) is 7.35. The third kappa shape index (κ3) is 3.42. The monoisotopic (exact) mass is 352 g/mol. The molecule has 134 valence electrons. The summed E-state index contributed by atoms with van der Waals surface area (Å²) in [5.74, 6) is 0.619. The fourth-order valence-electron chi connectivity index (χ4n) is 2.62. The van der Waals surface area contributed by atoms with Gasteiger partial charge >= 0.3 is 0 Å². The Morgan fingerprint density at radius 1 is 1.23 bits per heavy atom. The van der Waals surface area contributed by atoms with E-state index in [0.717, 1.165) is 5.57 Å². The first-order valence-corrected chi connectivity index (χ1v) is 8.21. The van der Waals surface area contributed by atoms with Crippen molar-refractivity contribution < 1.29 is 19.0 Å². The van der Waals surface area contributed by atoms with Crippen LogP contribution < -0.4 is 14.9 Å². The third-order valence-corrected chi connectivity index (χ3v) is 3.98. The van der Waals surface area contributed by atoms with E-state index in [1.165, 1.54) is 0 Å². The van der Waals surface area contributed by atoms with Crippen molar-refractivity contribution in [3.63, 3.8) is 0 Å². The lowest BCUT2D eigenvalue weighted by Gasteiger charge is -2.11. The average molecular weight is 352 g/mol. The maximum atomic E-state index is 12.8. The molecule has 0 aliphatic rings. The van der Waals surface area contributed by atoms with Gasteiger partial charge in [0.05, 0.1) is 13.7 Å². The van der Waals surface area contributed by atoms with Crippen molar-refractivity contribution in [2.75, 3.05) is 13.7 Å². The lowest BCUT2D eigenvalue weighted by molar-refractivity contribution is 0.324. The summed E-state index contributed by atoms with van der Waals surface area (Å²) in [6, 6.07) is 12.1. The molecule has 0 amide bonds. The molecule has 0 aliphatic carbocycles. The zero-order valence-electron chi connectivity index (χ0n) is 14.7. The van der Waals surface area contributed by atoms with E-state index >= 15 is 0 Å². The van der Waals surface area contributed by atoms with Crippen LogP contribution in [0.5, 0.6) is 17.2 Å². The fourth-order valence-corrected chi connectivity index (χ4v) is 2.62. The molecule has 0 saturated carbocycles. The van der Waals surface area contributed by atoms with E-state index < -0.39 is 11.2 Å². The maximum absolute atomic E-state index is 12.8. The Balaban J connectivity index is 2.11. The molecular formula is C21H20O5. The molecule has 3 aromatic rings. The molecule has 0 radical (unpaired) electrons. The van der Waals surface area contributed by atoms with E-state index in [2.05, 4.69) is 6.58 Å². The minimum absolute atomic E-state index is 0.0977. The van der Waals surface area contributed by atoms with Crippen LogP contribution in [0.15, 0.2) is 63.8 Å². The molecule has 0 bridgehead atoms. The van der Waals surface area contributed by atoms with Crippen LogP contribution in [0.1, 0.15) is 13.3 Å². The zero-order valence-corrected chi connectivity index (χ0v) is 14.7. The van der Waals surface area contributed by atoms with E-state index in [1.807, 2.05) is 6.92 Å². The number of hydrogen-bond donors (Lipinski definition) is 1. The highest BCUT2D eigenvalue weighted by molar-refractivity contribution is 5.87. The Bertz CT molecular complexity index is 1020. The molecule has 2 aromatic carbocycles. The van der Waals surface area contributed by atoms with Crippen molar-refractivity contribution in [3.8, 4) is 28.6 Å². The van der Waals surface area contributed by atoms with E-state index in [4.69, 9.17) is 13.9 Å². The first-order valence-electron chi connectivity index (χ1n) is 8.21. The van der Waals surface area contributed by atoms with Crippen molar-refractivity contribution in [1.82, 2.24) is 0 Å². The third-order valence-electron chi connectivity index (χ3n) is 3.98. The molecule has 5 heteroatoms. The molecule has 0 fully saturated rings. The van der Waals surface area contributed by atoms with Crippen LogP contribution in [0.3, 0.4) is 0 Å². The second-order valence-corrected chi connectivity index (χ2v) is 6.03. The highest BCUT2D eigenvalue weighted by Gasteiger charge is 2.18. The number of methoxy groups -OCH3 is 1. The fraction of sp³-hybridized carbons (Fsp3) is 0.190. The standard InChI is InChI=1S/C21H20O5/c1-13(2)10-11-25-16-8-5-9-17-18(16)19(22)20(23)21(26-17)14-6-4-7-15(12-14)24-3/h4-9,12,23H,1,10-11H2,2-3H3. The van der Waals surface area contributed by atoms with Gasteiger partial charge in [0.1, 0.15) is 22.5 Å². The molecule has 5 nitrogen and oxygen atoms in total. The van der Waals surface area contributed by atoms with Crippen LogP contribution in [0.4, 0.5) is 0 Å². The second-order valence-electron chi connectivity index (χ2n) is 6.03. The smallest absolute Gasteiger partial charge is 0.238 e. The molecule has 1 N–H and O–H groups in total. The van der Waals surface area contributed by atoms with Crippen LogP contribution in [0.25, 0.3) is 22.3 Å². The Hall–Kier alpha value is -3.21. The van der Waals surface area contributed by atoms with Gasteiger partial charge in [-0.2, -0.15) is 0 Å². The van der Waals surface area contributed by atoms with Crippen LogP contribution in [-0.2, 0) is 0 Å². The summed E-state index contributed by atoms with van der Waals surface area (Å²) in [6.45, 7) is 6.13. The van der Waals surface area contributed by atoms with Gasteiger partial charge in [-0.05, 0) is 31.2 Å². The predicted molar refractivity (Wildman–Crippen MR) is 101 cm³/mol. The lowest BCUT2D eigenvalue weighted by atomic mass is 10.1. The van der Waals surface area contributed by atoms with E-state index in [1.54, 1.807) is 49.6 Å². The molecular weight excluding hydrogens is 332 g/mol. The van der Waals surface area contributed by atoms with Gasteiger partial charge < -0.3 is 19.0 Å². The first-order chi connectivity index (χ1) is 12.5. The van der Waals surface area contributed by atoms with Crippen molar-refractivity contribution >= 4 is 11.0 Å². The molecule has 1 heterocycles. The molecule has 26 heavy (non-hydrogen) atoms. The summed E-state index contributed by atoms with van der Waals surface area (Å²) in [4.78, 5) is 12.8. The van der Waals surface area contributed by atoms with Gasteiger partial charge in [0.15, 0.2) is 5.76 Å². The van der Waals surface area contributed by atoms with Crippen molar-refractivity contribution in [2.45, 2.75) is 13.3 Å². The Kier molecular flexibility index (Phi) is 4.98. The van der Waals surface area contributed by atoms with Crippen LogP contribution >= 0.6 is 0 Å². The molecule has 0 unspecified atom stereocenters. The van der Waals surface area contributed by atoms with E-state index in [9.17, 15) is 9.90 Å². The summed E-state index contributed by atoms with van der Waals surface area (Å²) in [5.41, 5.74) is 1.35. The first kappa shape index (κ1) is 17.6. The average Bonchev–Trinajstić information content (AvgIpc) is 2.64. The number of benzene rings is 2. The SMILES string of the molecule is C=C(C)CCOc1cccc2oc(-c3cccc(OC)c3)c(O)c(=O)c12. The maximum Gasteiger partial charge on any atom is 0.238 e. The number of aromatic hydroxyl groups is 1. The highest BCUT2D eigenvalue weighted by atomic mass is 16.5. The highest BCUT2D eigenvalue weighted by Crippen LogP contribution is 2.34. The number of fused-ring (bicyclic) bond motifs is 1. The van der Waals surface area contributed by atoms with Crippen molar-refractivity contribution in [2.24, 2.45) is 0 Å². The molecule has 0 atom stereocenters. The normalized spacial score (nSPS) is 10.7. The Labute approximate surface area is 151 Å². The Morgan fingerprint density at radius 3 is 2.73 bits per heavy atom. The van der Waals surface area contributed by atoms with E-state index in [-0.39, 0.29) is 11.1 Å². The summed E-state index contributed by atoms with van der Waals surface area (Å²) in [6.07, 6.45) is 0.676. The molecule has 3 rings (SSSR count). The number of ether oxygens (including phenoxy) is 2. The van der Waals surface area contributed by atoms with Gasteiger partial charge in [-0.25, -0.2) is 0 Å². The van der Waals surface area contributed by atoms with Crippen molar-refractivity contribution in [1.29, 1.82) is 0 Å². The van der Waals surface area contributed by atoms with Gasteiger partial charge in [-0.1, -0.05) is 23.8 Å². The van der Waals surface area contributed by atoms with Crippen LogP contribution in [0.2, 0.25) is 0 Å². The number of rotatable bonds is 6. The minimum atomic E-state index is -0.532. The van der Waals surface area contributed by atoms with Gasteiger partial charge in [0.2, 0.25) is 11.2 Å². The topological polar surface area (TPSA) is 68.9 Å². The Morgan fingerprint density at radius 2 is 2.00 bits per heavy atom. The quantitative estimate of drug-likeness (QED) is 0.661. The zero-order chi connectivity index (χ0) is 18.7. The summed E-state index contributed by atoms with van der Waals surface area (Å²) >= 11 is 0. The molecule has 1 aromatic heterocycles. The van der Waals surface area contributed by atoms with Gasteiger partial charge in [-0.3, -0.25) is 4.79 Å². The largest absolute Gasteiger partial charge is 0.502 e. The van der Waals surface area contributed by atoms with Gasteiger partial charge in [0, 0.05) is 12.0 Å². The predicted octanol–water partition coefficient (Wildman–Crippen LogP) is 4.52. The lowest BCUT2D eigenvalue weighted by Crippen LogP contribution is -2.06. The summed E-state index contributed by atoms with van der Waals surface area (Å²) < 4.78 is 16.7. The van der Waals surface area contributed by atoms with E-state index in [0.29, 0.717) is 35.7 Å². The van der Waals surface area contributed by atoms with Crippen molar-refractivity contribution in [3.05, 3.63) is 64.8 Å². The van der Waals surface area contributed by atoms with Gasteiger partial charge in [0.25, 0.3) is 0 Å². The molecule has 0 spiro atoms. The van der Waals surface area contributed by atoms with Crippen LogP contribution in [0, 0.1) is 0 Å². The van der Waals surface area contributed by atoms with Gasteiger partial charge in [-0.15, -0.1) is 6.58 Å². The summed E-state index contributed by atoms with van der Waals surface area (Å²) in [5, 5.41) is 10.7. The summed E-state index contributed by atoms with van der Waals surface area (Å²) in [7, 11) is 1.55.